The molecule has 150 valence electrons. The third-order valence-electron chi connectivity index (χ3n) is 7.14. The van der Waals surface area contributed by atoms with Gasteiger partial charge in [0.1, 0.15) is 11.3 Å². The highest BCUT2D eigenvalue weighted by molar-refractivity contribution is 6.30. The van der Waals surface area contributed by atoms with E-state index in [1.54, 1.807) is 0 Å². The van der Waals surface area contributed by atoms with E-state index in [4.69, 9.17) is 21.3 Å². The molecule has 2 nitrogen and oxygen atoms in total. The molecular formula is C26H28ClNO. The fourth-order valence-corrected chi connectivity index (χ4v) is 5.97. The SMILES string of the molecule is CC1(C)C(c2ccccc2)=N[C@@]2(C3CCCCC3)C=C(c3ccccc3)O[C@@]12Cl. The maximum Gasteiger partial charge on any atom is 0.221 e. The van der Waals surface area contributed by atoms with Crippen molar-refractivity contribution in [1.29, 1.82) is 0 Å². The van der Waals surface area contributed by atoms with E-state index in [0.717, 1.165) is 35.4 Å². The van der Waals surface area contributed by atoms with Crippen molar-refractivity contribution in [1.82, 2.24) is 0 Å². The molecule has 2 aliphatic heterocycles. The monoisotopic (exact) mass is 405 g/mol. The minimum Gasteiger partial charge on any atom is -0.468 e. The van der Waals surface area contributed by atoms with E-state index >= 15 is 0 Å². The number of aliphatic imine (C=N–C) groups is 1. The molecule has 2 heterocycles. The summed E-state index contributed by atoms with van der Waals surface area (Å²) in [5, 5.41) is -0.918. The Hall–Kier alpha value is -2.06. The quantitative estimate of drug-likeness (QED) is 0.512. The Morgan fingerprint density at radius 1 is 0.862 bits per heavy atom. The van der Waals surface area contributed by atoms with E-state index < -0.39 is 16.0 Å². The van der Waals surface area contributed by atoms with Gasteiger partial charge in [0.2, 0.25) is 5.06 Å². The van der Waals surface area contributed by atoms with E-state index in [-0.39, 0.29) is 0 Å². The van der Waals surface area contributed by atoms with Gasteiger partial charge in [-0.05, 0) is 44.2 Å². The second-order valence-corrected chi connectivity index (χ2v) is 9.72. The topological polar surface area (TPSA) is 21.6 Å². The minimum absolute atomic E-state index is 0.399. The molecule has 0 aromatic heterocycles. The lowest BCUT2D eigenvalue weighted by atomic mass is 9.67. The first-order chi connectivity index (χ1) is 14.0. The van der Waals surface area contributed by atoms with Crippen molar-refractivity contribution in [3.63, 3.8) is 0 Å². The summed E-state index contributed by atoms with van der Waals surface area (Å²) in [6.45, 7) is 4.39. The average Bonchev–Trinajstić information content (AvgIpc) is 3.16. The standard InChI is InChI=1S/C26H28ClNO/c1-24(2)23(20-14-8-4-9-15-20)28-25(21-16-10-5-11-17-21)18-22(29-26(24,25)27)19-12-6-3-7-13-19/h3-4,6-9,12-15,18,21H,5,10-11,16-17H2,1-2H3/t25-,26+/m1/s1. The van der Waals surface area contributed by atoms with Crippen LogP contribution >= 0.6 is 11.6 Å². The summed E-state index contributed by atoms with van der Waals surface area (Å²) in [4.78, 5) is 5.46. The lowest BCUT2D eigenvalue weighted by Gasteiger charge is -2.45. The predicted octanol–water partition coefficient (Wildman–Crippen LogP) is 6.84. The van der Waals surface area contributed by atoms with Gasteiger partial charge in [-0.1, -0.05) is 91.5 Å². The number of benzene rings is 2. The zero-order valence-corrected chi connectivity index (χ0v) is 18.0. The lowest BCUT2D eigenvalue weighted by molar-refractivity contribution is 0.00566. The highest BCUT2D eigenvalue weighted by Crippen LogP contribution is 2.64. The zero-order valence-electron chi connectivity index (χ0n) is 17.2. The third kappa shape index (κ3) is 2.65. The van der Waals surface area contributed by atoms with Gasteiger partial charge in [0.25, 0.3) is 0 Å². The normalized spacial score (nSPS) is 31.0. The molecule has 0 radical (unpaired) electrons. The van der Waals surface area contributed by atoms with Gasteiger partial charge >= 0.3 is 0 Å². The molecule has 2 aromatic rings. The molecule has 0 amide bonds. The number of halogens is 1. The first-order valence-corrected chi connectivity index (χ1v) is 11.2. The van der Waals surface area contributed by atoms with E-state index in [9.17, 15) is 0 Å². The molecule has 1 saturated carbocycles. The first kappa shape index (κ1) is 18.9. The first-order valence-electron chi connectivity index (χ1n) is 10.8. The van der Waals surface area contributed by atoms with E-state index in [0.29, 0.717) is 5.92 Å². The van der Waals surface area contributed by atoms with Crippen molar-refractivity contribution >= 4 is 23.1 Å². The molecule has 5 rings (SSSR count). The van der Waals surface area contributed by atoms with Gasteiger partial charge in [-0.15, -0.1) is 0 Å². The average molecular weight is 406 g/mol. The van der Waals surface area contributed by atoms with Crippen molar-refractivity contribution < 1.29 is 4.74 Å². The number of fused-ring (bicyclic) bond motifs is 1. The highest BCUT2D eigenvalue weighted by Gasteiger charge is 2.72. The minimum atomic E-state index is -0.918. The molecule has 3 aliphatic rings. The Balaban J connectivity index is 1.71. The highest BCUT2D eigenvalue weighted by atomic mass is 35.5. The molecule has 2 aromatic carbocycles. The molecule has 0 saturated heterocycles. The predicted molar refractivity (Wildman–Crippen MR) is 120 cm³/mol. The van der Waals surface area contributed by atoms with Crippen LogP contribution in [0.2, 0.25) is 0 Å². The number of hydrogen-bond acceptors (Lipinski definition) is 2. The van der Waals surface area contributed by atoms with Gasteiger partial charge in [-0.3, -0.25) is 4.99 Å². The van der Waals surface area contributed by atoms with Crippen LogP contribution in [0.25, 0.3) is 5.76 Å². The molecular weight excluding hydrogens is 378 g/mol. The van der Waals surface area contributed by atoms with Crippen molar-refractivity contribution in [2.45, 2.75) is 56.6 Å². The maximum absolute atomic E-state index is 7.55. The van der Waals surface area contributed by atoms with Crippen molar-refractivity contribution in [2.24, 2.45) is 16.3 Å². The fraction of sp³-hybridized carbons (Fsp3) is 0.423. The number of ether oxygens (including phenoxy) is 1. The fourth-order valence-electron chi connectivity index (χ4n) is 5.55. The molecule has 0 N–H and O–H groups in total. The van der Waals surface area contributed by atoms with Gasteiger partial charge in [0, 0.05) is 5.56 Å². The van der Waals surface area contributed by atoms with Crippen LogP contribution in [0.15, 0.2) is 71.7 Å². The Bertz CT molecular complexity index is 959. The number of alkyl halides is 1. The summed E-state index contributed by atoms with van der Waals surface area (Å²) >= 11 is 7.55. The Labute approximate surface area is 178 Å². The van der Waals surface area contributed by atoms with Crippen molar-refractivity contribution in [3.05, 3.63) is 77.9 Å². The molecule has 0 spiro atoms. The zero-order chi connectivity index (χ0) is 20.1. The van der Waals surface area contributed by atoms with Gasteiger partial charge in [-0.2, -0.15) is 0 Å². The van der Waals surface area contributed by atoms with Gasteiger partial charge < -0.3 is 4.74 Å². The van der Waals surface area contributed by atoms with Crippen LogP contribution in [0.3, 0.4) is 0 Å². The summed E-state index contributed by atoms with van der Waals surface area (Å²) in [6.07, 6.45) is 8.34. The van der Waals surface area contributed by atoms with Crippen LogP contribution in [0.4, 0.5) is 0 Å². The number of rotatable bonds is 3. The summed E-state index contributed by atoms with van der Waals surface area (Å²) in [5.41, 5.74) is 2.31. The molecule has 29 heavy (non-hydrogen) atoms. The van der Waals surface area contributed by atoms with E-state index in [1.165, 1.54) is 19.3 Å². The Morgan fingerprint density at radius 3 is 2.07 bits per heavy atom. The molecule has 1 aliphatic carbocycles. The maximum atomic E-state index is 7.55. The van der Waals surface area contributed by atoms with Crippen LogP contribution < -0.4 is 0 Å². The second-order valence-electron chi connectivity index (χ2n) is 9.18. The molecule has 0 bridgehead atoms. The van der Waals surface area contributed by atoms with Crippen LogP contribution in [0, 0.1) is 11.3 Å². The van der Waals surface area contributed by atoms with Crippen LogP contribution in [-0.2, 0) is 4.74 Å². The van der Waals surface area contributed by atoms with Crippen LogP contribution in [-0.4, -0.2) is 16.3 Å². The second kappa shape index (κ2) is 6.74. The summed E-state index contributed by atoms with van der Waals surface area (Å²) in [6, 6.07) is 20.8. The Kier molecular flexibility index (Phi) is 4.40. The van der Waals surface area contributed by atoms with Crippen molar-refractivity contribution in [3.8, 4) is 0 Å². The van der Waals surface area contributed by atoms with Gasteiger partial charge in [-0.25, -0.2) is 0 Å². The largest absolute Gasteiger partial charge is 0.468 e. The third-order valence-corrected chi connectivity index (χ3v) is 7.99. The molecule has 0 unspecified atom stereocenters. The Morgan fingerprint density at radius 2 is 1.45 bits per heavy atom. The van der Waals surface area contributed by atoms with Crippen molar-refractivity contribution in [2.75, 3.05) is 0 Å². The van der Waals surface area contributed by atoms with E-state index in [1.807, 2.05) is 24.3 Å². The molecule has 1 fully saturated rings. The smallest absolute Gasteiger partial charge is 0.221 e. The summed E-state index contributed by atoms with van der Waals surface area (Å²) in [7, 11) is 0. The lowest BCUT2D eigenvalue weighted by Crippen LogP contribution is -2.56. The van der Waals surface area contributed by atoms with Crippen LogP contribution in [0.5, 0.6) is 0 Å². The van der Waals surface area contributed by atoms with Gasteiger partial charge in [0.05, 0.1) is 11.1 Å². The van der Waals surface area contributed by atoms with Gasteiger partial charge in [0.15, 0.2) is 0 Å². The number of nitrogens with zero attached hydrogens (tertiary/aromatic N) is 1. The number of hydrogen-bond donors (Lipinski definition) is 0. The van der Waals surface area contributed by atoms with Crippen LogP contribution in [0.1, 0.15) is 57.1 Å². The van der Waals surface area contributed by atoms with E-state index in [2.05, 4.69) is 56.3 Å². The molecule has 2 atom stereocenters. The summed E-state index contributed by atoms with van der Waals surface area (Å²) < 4.78 is 6.69. The summed E-state index contributed by atoms with van der Waals surface area (Å²) in [5.74, 6) is 1.27. The molecule has 3 heteroatoms.